The number of carbonyl (C=O) groups excluding carboxylic acids is 1. The van der Waals surface area contributed by atoms with Crippen LogP contribution in [0.25, 0.3) is 0 Å². The third kappa shape index (κ3) is 6.01. The Morgan fingerprint density at radius 1 is 1.14 bits per heavy atom. The Morgan fingerprint density at radius 2 is 1.90 bits per heavy atom. The van der Waals surface area contributed by atoms with Crippen LogP contribution in [0.4, 0.5) is 10.5 Å². The molecule has 8 heteroatoms. The highest BCUT2D eigenvalue weighted by molar-refractivity contribution is 7.89. The van der Waals surface area contributed by atoms with Gasteiger partial charge in [-0.1, -0.05) is 26.3 Å². The van der Waals surface area contributed by atoms with Crippen molar-refractivity contribution in [1.82, 2.24) is 15.0 Å². The zero-order chi connectivity index (χ0) is 20.9. The van der Waals surface area contributed by atoms with Crippen LogP contribution >= 0.6 is 0 Å². The fourth-order valence-electron chi connectivity index (χ4n) is 3.54. The predicted molar refractivity (Wildman–Crippen MR) is 113 cm³/mol. The molecule has 3 atom stereocenters. The molecule has 1 saturated carbocycles. The molecule has 3 unspecified atom stereocenters. The Kier molecular flexibility index (Phi) is 6.87. The Bertz CT molecular complexity index is 917. The van der Waals surface area contributed by atoms with Crippen LogP contribution in [0.5, 0.6) is 0 Å². The first-order chi connectivity index (χ1) is 13.8. The van der Waals surface area contributed by atoms with Crippen molar-refractivity contribution in [3.63, 3.8) is 0 Å². The Labute approximate surface area is 172 Å². The molecule has 29 heavy (non-hydrogen) atoms. The smallest absolute Gasteiger partial charge is 0.319 e. The SMILES string of the molecule is CC1CCC(C)C(NS(=O)(=O)c2ccc(NC(=O)NCc3cccnc3)cc2)C1. The van der Waals surface area contributed by atoms with Gasteiger partial charge in [-0.25, -0.2) is 17.9 Å². The first kappa shape index (κ1) is 21.3. The highest BCUT2D eigenvalue weighted by Gasteiger charge is 2.29. The number of benzene rings is 1. The molecule has 1 aromatic heterocycles. The lowest BCUT2D eigenvalue weighted by atomic mass is 9.81. The van der Waals surface area contributed by atoms with E-state index in [0.717, 1.165) is 24.8 Å². The van der Waals surface area contributed by atoms with E-state index in [-0.39, 0.29) is 17.0 Å². The number of rotatable bonds is 6. The minimum Gasteiger partial charge on any atom is -0.334 e. The molecule has 0 aliphatic heterocycles. The van der Waals surface area contributed by atoms with Crippen LogP contribution < -0.4 is 15.4 Å². The molecular weight excluding hydrogens is 388 g/mol. The van der Waals surface area contributed by atoms with Gasteiger partial charge in [0.1, 0.15) is 0 Å². The molecule has 2 aromatic rings. The fraction of sp³-hybridized carbons (Fsp3) is 0.429. The quantitative estimate of drug-likeness (QED) is 0.671. The van der Waals surface area contributed by atoms with Crippen molar-refractivity contribution in [1.29, 1.82) is 0 Å². The number of carbonyl (C=O) groups is 1. The van der Waals surface area contributed by atoms with Crippen LogP contribution in [0.1, 0.15) is 38.7 Å². The highest BCUT2D eigenvalue weighted by Crippen LogP contribution is 2.29. The summed E-state index contributed by atoms with van der Waals surface area (Å²) in [6.07, 6.45) is 6.38. The Hall–Kier alpha value is -2.45. The van der Waals surface area contributed by atoms with Gasteiger partial charge in [0.25, 0.3) is 0 Å². The number of hydrogen-bond donors (Lipinski definition) is 3. The van der Waals surface area contributed by atoms with Gasteiger partial charge >= 0.3 is 6.03 Å². The number of nitrogens with zero attached hydrogens (tertiary/aromatic N) is 1. The average molecular weight is 417 g/mol. The predicted octanol–water partition coefficient (Wildman–Crippen LogP) is 3.51. The molecule has 0 bridgehead atoms. The molecule has 3 N–H and O–H groups in total. The van der Waals surface area contributed by atoms with Crippen LogP contribution in [0, 0.1) is 11.8 Å². The van der Waals surface area contributed by atoms with Gasteiger partial charge in [0.05, 0.1) is 4.90 Å². The maximum absolute atomic E-state index is 12.7. The van der Waals surface area contributed by atoms with Gasteiger partial charge in [-0.15, -0.1) is 0 Å². The van der Waals surface area contributed by atoms with Crippen LogP contribution in [-0.2, 0) is 16.6 Å². The first-order valence-electron chi connectivity index (χ1n) is 9.89. The summed E-state index contributed by atoms with van der Waals surface area (Å²) < 4.78 is 28.3. The van der Waals surface area contributed by atoms with Crippen molar-refractivity contribution in [3.05, 3.63) is 54.4 Å². The molecule has 0 radical (unpaired) electrons. The van der Waals surface area contributed by atoms with Crippen molar-refractivity contribution in [2.24, 2.45) is 11.8 Å². The van der Waals surface area contributed by atoms with Gasteiger partial charge in [0.2, 0.25) is 10.0 Å². The summed E-state index contributed by atoms with van der Waals surface area (Å²) in [5.41, 5.74) is 1.41. The molecule has 1 aliphatic rings. The van der Waals surface area contributed by atoms with Gasteiger partial charge in [0.15, 0.2) is 0 Å². The minimum atomic E-state index is -3.59. The minimum absolute atomic E-state index is 0.0418. The molecule has 1 heterocycles. The molecular formula is C21H28N4O3S. The lowest BCUT2D eigenvalue weighted by Gasteiger charge is -2.33. The maximum atomic E-state index is 12.7. The number of pyridine rings is 1. The van der Waals surface area contributed by atoms with E-state index in [9.17, 15) is 13.2 Å². The van der Waals surface area contributed by atoms with Crippen LogP contribution in [-0.4, -0.2) is 25.5 Å². The van der Waals surface area contributed by atoms with Gasteiger partial charge in [-0.3, -0.25) is 4.98 Å². The van der Waals surface area contributed by atoms with Crippen molar-refractivity contribution < 1.29 is 13.2 Å². The zero-order valence-electron chi connectivity index (χ0n) is 16.8. The van der Waals surface area contributed by atoms with Crippen molar-refractivity contribution in [2.45, 2.75) is 50.6 Å². The van der Waals surface area contributed by atoms with E-state index in [1.807, 2.05) is 6.07 Å². The van der Waals surface area contributed by atoms with E-state index in [4.69, 9.17) is 0 Å². The summed E-state index contributed by atoms with van der Waals surface area (Å²) in [5.74, 6) is 0.848. The van der Waals surface area contributed by atoms with E-state index in [2.05, 4.69) is 34.2 Å². The Balaban J connectivity index is 1.56. The number of sulfonamides is 1. The molecule has 7 nitrogen and oxygen atoms in total. The first-order valence-corrected chi connectivity index (χ1v) is 11.4. The third-order valence-electron chi connectivity index (χ3n) is 5.36. The van der Waals surface area contributed by atoms with Crippen molar-refractivity contribution in [2.75, 3.05) is 5.32 Å². The molecule has 0 saturated heterocycles. The number of aromatic nitrogens is 1. The highest BCUT2D eigenvalue weighted by atomic mass is 32.2. The number of urea groups is 1. The van der Waals surface area contributed by atoms with E-state index < -0.39 is 10.0 Å². The lowest BCUT2D eigenvalue weighted by Crippen LogP contribution is -2.42. The van der Waals surface area contributed by atoms with E-state index >= 15 is 0 Å². The van der Waals surface area contributed by atoms with Gasteiger partial charge in [-0.2, -0.15) is 0 Å². The summed E-state index contributed by atoms with van der Waals surface area (Å²) in [6.45, 7) is 4.61. The number of hydrogen-bond acceptors (Lipinski definition) is 4. The number of amides is 2. The van der Waals surface area contributed by atoms with Gasteiger partial charge < -0.3 is 10.6 Å². The van der Waals surface area contributed by atoms with Gasteiger partial charge in [-0.05, 0) is 60.6 Å². The lowest BCUT2D eigenvalue weighted by molar-refractivity contribution is 0.251. The molecule has 1 fully saturated rings. The molecule has 156 valence electrons. The Morgan fingerprint density at radius 3 is 2.59 bits per heavy atom. The van der Waals surface area contributed by atoms with E-state index in [1.54, 1.807) is 30.6 Å². The summed E-state index contributed by atoms with van der Waals surface area (Å²) in [6, 6.07) is 9.46. The number of anilines is 1. The number of nitrogens with one attached hydrogen (secondary N) is 3. The zero-order valence-corrected chi connectivity index (χ0v) is 17.6. The normalized spacial score (nSPS) is 22.1. The standard InChI is InChI=1S/C21H28N4O3S/c1-15-5-6-16(2)20(12-15)25-29(27,28)19-9-7-18(8-10-19)24-21(26)23-14-17-4-3-11-22-13-17/h3-4,7-11,13,15-16,20,25H,5-6,12,14H2,1-2H3,(H2,23,24,26). The van der Waals surface area contributed by atoms with Gasteiger partial charge in [0, 0.05) is 30.7 Å². The largest absolute Gasteiger partial charge is 0.334 e. The van der Waals surface area contributed by atoms with Crippen LogP contribution in [0.2, 0.25) is 0 Å². The second kappa shape index (κ2) is 9.37. The van der Waals surface area contributed by atoms with Crippen molar-refractivity contribution in [3.8, 4) is 0 Å². The second-order valence-electron chi connectivity index (χ2n) is 7.82. The molecule has 0 spiro atoms. The average Bonchev–Trinajstić information content (AvgIpc) is 2.70. The fourth-order valence-corrected chi connectivity index (χ4v) is 4.90. The summed E-state index contributed by atoms with van der Waals surface area (Å²) in [4.78, 5) is 16.2. The van der Waals surface area contributed by atoms with E-state index in [0.29, 0.717) is 24.1 Å². The maximum Gasteiger partial charge on any atom is 0.319 e. The molecule has 1 aromatic carbocycles. The summed E-state index contributed by atoms with van der Waals surface area (Å²) in [7, 11) is -3.59. The molecule has 1 aliphatic carbocycles. The second-order valence-corrected chi connectivity index (χ2v) is 9.53. The summed E-state index contributed by atoms with van der Waals surface area (Å²) >= 11 is 0. The van der Waals surface area contributed by atoms with Crippen molar-refractivity contribution >= 4 is 21.7 Å². The third-order valence-corrected chi connectivity index (χ3v) is 6.87. The molecule has 3 rings (SSSR count). The van der Waals surface area contributed by atoms with E-state index in [1.165, 1.54) is 12.1 Å². The summed E-state index contributed by atoms with van der Waals surface area (Å²) in [5, 5.41) is 5.43. The van der Waals surface area contributed by atoms with Crippen LogP contribution in [0.3, 0.4) is 0 Å². The molecule has 2 amide bonds. The topological polar surface area (TPSA) is 100 Å². The van der Waals surface area contributed by atoms with Crippen LogP contribution in [0.15, 0.2) is 53.7 Å². The monoisotopic (exact) mass is 416 g/mol.